The van der Waals surface area contributed by atoms with Crippen LogP contribution in [0.5, 0.6) is 5.75 Å². The maximum atomic E-state index is 11.8. The highest BCUT2D eigenvalue weighted by molar-refractivity contribution is 5.97. The summed E-state index contributed by atoms with van der Waals surface area (Å²) in [4.78, 5) is 23.0. The van der Waals surface area contributed by atoms with Crippen molar-refractivity contribution in [1.82, 2.24) is 10.6 Å². The quantitative estimate of drug-likeness (QED) is 0.741. The maximum Gasteiger partial charge on any atom is 0.321 e. The number of rotatable bonds is 6. The number of benzene rings is 2. The van der Waals surface area contributed by atoms with Crippen LogP contribution in [-0.2, 0) is 11.4 Å². The lowest BCUT2D eigenvalue weighted by Crippen LogP contribution is -2.44. The Hall–Kier alpha value is -3.53. The molecule has 0 fully saturated rings. The van der Waals surface area contributed by atoms with Gasteiger partial charge >= 0.3 is 6.03 Å². The molecule has 0 saturated heterocycles. The number of anilines is 1. The summed E-state index contributed by atoms with van der Waals surface area (Å²) in [7, 11) is 1.44. The fourth-order valence-electron chi connectivity index (χ4n) is 2.14. The number of amides is 3. The van der Waals surface area contributed by atoms with Gasteiger partial charge in [0.15, 0.2) is 0 Å². The summed E-state index contributed by atoms with van der Waals surface area (Å²) in [5, 5.41) is 16.4. The molecule has 0 saturated carbocycles. The predicted octanol–water partition coefficient (Wildman–Crippen LogP) is 2.39. The molecule has 2 aromatic carbocycles. The number of carbonyl (C=O) groups excluding carboxylic acids is 2. The number of hydrogen-bond acceptors (Lipinski definition) is 5. The van der Waals surface area contributed by atoms with Gasteiger partial charge in [-0.1, -0.05) is 12.1 Å². The largest absolute Gasteiger partial charge is 0.489 e. The fourth-order valence-corrected chi connectivity index (χ4v) is 2.14. The number of carbonyl (C=O) groups is 2. The van der Waals surface area contributed by atoms with E-state index in [2.05, 4.69) is 22.0 Å². The van der Waals surface area contributed by atoms with Gasteiger partial charge in [-0.15, -0.1) is 0 Å². The standard InChI is InChI=1S/C19H20N4O3/c1-13(18(24)23-19(25)21-2)22-16-6-8-17(9-7-16)26-12-15-5-3-4-14(10-15)11-20/h3-10,13,22H,12H2,1-2H3,(H2,21,23,24,25). The number of nitriles is 1. The minimum absolute atomic E-state index is 0.354. The highest BCUT2D eigenvalue weighted by Crippen LogP contribution is 2.18. The number of nitrogens with zero attached hydrogens (tertiary/aromatic N) is 1. The summed E-state index contributed by atoms with van der Waals surface area (Å²) in [5.41, 5.74) is 2.23. The van der Waals surface area contributed by atoms with Crippen LogP contribution < -0.4 is 20.7 Å². The first-order valence-corrected chi connectivity index (χ1v) is 8.03. The van der Waals surface area contributed by atoms with Crippen LogP contribution in [0.4, 0.5) is 10.5 Å². The van der Waals surface area contributed by atoms with Crippen LogP contribution in [0.3, 0.4) is 0 Å². The van der Waals surface area contributed by atoms with Crippen molar-refractivity contribution in [3.8, 4) is 11.8 Å². The zero-order chi connectivity index (χ0) is 18.9. The van der Waals surface area contributed by atoms with E-state index in [-0.39, 0.29) is 0 Å². The van der Waals surface area contributed by atoms with Crippen LogP contribution in [0.1, 0.15) is 18.1 Å². The second-order valence-electron chi connectivity index (χ2n) is 5.56. The number of ether oxygens (including phenoxy) is 1. The van der Waals surface area contributed by atoms with Crippen molar-refractivity contribution in [3.63, 3.8) is 0 Å². The van der Waals surface area contributed by atoms with Crippen LogP contribution in [-0.4, -0.2) is 25.0 Å². The lowest BCUT2D eigenvalue weighted by molar-refractivity contribution is -0.120. The Morgan fingerprint density at radius 3 is 2.58 bits per heavy atom. The normalized spacial score (nSPS) is 11.0. The van der Waals surface area contributed by atoms with E-state index in [1.807, 2.05) is 12.1 Å². The molecule has 0 radical (unpaired) electrons. The van der Waals surface area contributed by atoms with E-state index in [4.69, 9.17) is 10.00 Å². The SMILES string of the molecule is CNC(=O)NC(=O)C(C)Nc1ccc(OCc2cccc(C#N)c2)cc1. The van der Waals surface area contributed by atoms with E-state index < -0.39 is 18.0 Å². The molecule has 7 heteroatoms. The molecule has 26 heavy (non-hydrogen) atoms. The molecule has 3 amide bonds. The molecule has 1 atom stereocenters. The topological polar surface area (TPSA) is 103 Å². The smallest absolute Gasteiger partial charge is 0.321 e. The second-order valence-corrected chi connectivity index (χ2v) is 5.56. The summed E-state index contributed by atoms with van der Waals surface area (Å²) in [6.45, 7) is 2.01. The molecule has 0 aliphatic rings. The fraction of sp³-hybridized carbons (Fsp3) is 0.211. The Bertz CT molecular complexity index is 812. The zero-order valence-corrected chi connectivity index (χ0v) is 14.6. The molecule has 0 aromatic heterocycles. The molecule has 7 nitrogen and oxygen atoms in total. The van der Waals surface area contributed by atoms with Crippen LogP contribution >= 0.6 is 0 Å². The third-order valence-electron chi connectivity index (χ3n) is 3.56. The summed E-state index contributed by atoms with van der Waals surface area (Å²) in [6, 6.07) is 15.3. The molecule has 0 aliphatic carbocycles. The molecule has 1 unspecified atom stereocenters. The van der Waals surface area contributed by atoms with E-state index in [0.717, 1.165) is 11.3 Å². The van der Waals surface area contributed by atoms with Crippen molar-refractivity contribution in [2.24, 2.45) is 0 Å². The molecule has 134 valence electrons. The van der Waals surface area contributed by atoms with Crippen molar-refractivity contribution in [2.75, 3.05) is 12.4 Å². The summed E-state index contributed by atoms with van der Waals surface area (Å²) < 4.78 is 5.70. The van der Waals surface area contributed by atoms with Gasteiger partial charge in [-0.25, -0.2) is 4.79 Å². The van der Waals surface area contributed by atoms with Crippen molar-refractivity contribution < 1.29 is 14.3 Å². The van der Waals surface area contributed by atoms with E-state index in [1.165, 1.54) is 7.05 Å². The molecule has 0 heterocycles. The van der Waals surface area contributed by atoms with Gasteiger partial charge in [0, 0.05) is 12.7 Å². The Morgan fingerprint density at radius 1 is 1.19 bits per heavy atom. The zero-order valence-electron chi connectivity index (χ0n) is 14.6. The molecule has 2 aromatic rings. The number of urea groups is 1. The number of imide groups is 1. The minimum atomic E-state index is -0.576. The summed E-state index contributed by atoms with van der Waals surface area (Å²) >= 11 is 0. The second kappa shape index (κ2) is 9.08. The van der Waals surface area contributed by atoms with Crippen LogP contribution in [0.2, 0.25) is 0 Å². The van der Waals surface area contributed by atoms with Gasteiger partial charge in [-0.05, 0) is 48.9 Å². The highest BCUT2D eigenvalue weighted by atomic mass is 16.5. The number of hydrogen-bond donors (Lipinski definition) is 3. The van der Waals surface area contributed by atoms with Gasteiger partial charge in [-0.2, -0.15) is 5.26 Å². The third kappa shape index (κ3) is 5.53. The highest BCUT2D eigenvalue weighted by Gasteiger charge is 2.14. The lowest BCUT2D eigenvalue weighted by Gasteiger charge is -2.15. The van der Waals surface area contributed by atoms with Gasteiger partial charge in [0.1, 0.15) is 18.4 Å². The maximum absolute atomic E-state index is 11.8. The first-order valence-electron chi connectivity index (χ1n) is 8.03. The van der Waals surface area contributed by atoms with Crippen molar-refractivity contribution in [2.45, 2.75) is 19.6 Å². The van der Waals surface area contributed by atoms with Crippen LogP contribution in [0, 0.1) is 11.3 Å². The van der Waals surface area contributed by atoms with E-state index in [0.29, 0.717) is 17.9 Å². The van der Waals surface area contributed by atoms with Crippen LogP contribution in [0.15, 0.2) is 48.5 Å². The monoisotopic (exact) mass is 352 g/mol. The van der Waals surface area contributed by atoms with Gasteiger partial charge in [0.25, 0.3) is 0 Å². The van der Waals surface area contributed by atoms with Crippen molar-refractivity contribution >= 4 is 17.6 Å². The summed E-state index contributed by atoms with van der Waals surface area (Å²) in [5.74, 6) is 0.238. The first-order chi connectivity index (χ1) is 12.5. The molecule has 0 aliphatic heterocycles. The summed E-state index contributed by atoms with van der Waals surface area (Å²) in [6.07, 6.45) is 0. The van der Waals surface area contributed by atoms with Gasteiger partial charge in [-0.3, -0.25) is 10.1 Å². The first kappa shape index (κ1) is 18.8. The van der Waals surface area contributed by atoms with E-state index in [1.54, 1.807) is 43.3 Å². The molecule has 0 spiro atoms. The average Bonchev–Trinajstić information content (AvgIpc) is 2.67. The number of nitrogens with one attached hydrogen (secondary N) is 3. The Morgan fingerprint density at radius 2 is 1.92 bits per heavy atom. The average molecular weight is 352 g/mol. The molecular formula is C19H20N4O3. The molecule has 2 rings (SSSR count). The molecule has 3 N–H and O–H groups in total. The Balaban J connectivity index is 1.88. The van der Waals surface area contributed by atoms with Gasteiger partial charge in [0.2, 0.25) is 5.91 Å². The third-order valence-corrected chi connectivity index (χ3v) is 3.56. The van der Waals surface area contributed by atoms with Gasteiger partial charge in [0.05, 0.1) is 11.6 Å². The lowest BCUT2D eigenvalue weighted by atomic mass is 10.1. The van der Waals surface area contributed by atoms with Crippen LogP contribution in [0.25, 0.3) is 0 Å². The predicted molar refractivity (Wildman–Crippen MR) is 97.6 cm³/mol. The minimum Gasteiger partial charge on any atom is -0.489 e. The molecular weight excluding hydrogens is 332 g/mol. The Kier molecular flexibility index (Phi) is 6.57. The van der Waals surface area contributed by atoms with E-state index in [9.17, 15) is 9.59 Å². The Labute approximate surface area is 152 Å². The van der Waals surface area contributed by atoms with Gasteiger partial charge < -0.3 is 15.4 Å². The van der Waals surface area contributed by atoms with Crippen molar-refractivity contribution in [3.05, 3.63) is 59.7 Å². The van der Waals surface area contributed by atoms with E-state index >= 15 is 0 Å². The molecule has 0 bridgehead atoms. The van der Waals surface area contributed by atoms with Crippen molar-refractivity contribution in [1.29, 1.82) is 5.26 Å².